The highest BCUT2D eigenvalue weighted by molar-refractivity contribution is 5.92. The number of benzene rings is 1. The number of carbonyl (C=O) groups excluding carboxylic acids is 2. The summed E-state index contributed by atoms with van der Waals surface area (Å²) in [6.45, 7) is 0.149. The van der Waals surface area contributed by atoms with Crippen LogP contribution in [0.5, 0.6) is 0 Å². The quantitative estimate of drug-likeness (QED) is 0.769. The molecular formula is C16H19NO6. The maximum atomic E-state index is 12.4. The van der Waals surface area contributed by atoms with Crippen LogP contribution in [0.3, 0.4) is 0 Å². The second-order valence-corrected chi connectivity index (χ2v) is 5.53. The molecule has 7 heteroatoms. The zero-order valence-electron chi connectivity index (χ0n) is 13.1. The second-order valence-electron chi connectivity index (χ2n) is 5.53. The number of carbonyl (C=O) groups is 2. The molecule has 23 heavy (non-hydrogen) atoms. The van der Waals surface area contributed by atoms with Gasteiger partial charge in [-0.3, -0.25) is 9.69 Å². The van der Waals surface area contributed by atoms with Crippen LogP contribution in [0, 0.1) is 0 Å². The smallest absolute Gasteiger partial charge is 0.411 e. The first-order chi connectivity index (χ1) is 11.1. The highest BCUT2D eigenvalue weighted by atomic mass is 16.7. The number of hydrogen-bond acceptors (Lipinski definition) is 6. The number of ether oxygens (including phenoxy) is 4. The van der Waals surface area contributed by atoms with E-state index >= 15 is 0 Å². The Bertz CT molecular complexity index is 585. The minimum absolute atomic E-state index is 0.0720. The Morgan fingerprint density at radius 3 is 2.65 bits per heavy atom. The summed E-state index contributed by atoms with van der Waals surface area (Å²) in [7, 11) is 2.93. The number of fused-ring (bicyclic) bond motifs is 1. The molecule has 2 heterocycles. The van der Waals surface area contributed by atoms with Gasteiger partial charge in [0.25, 0.3) is 0 Å². The number of Topliss-reactive ketones (excluding diaryl/α,β-unsaturated/α-hetero) is 1. The lowest BCUT2D eigenvalue weighted by Gasteiger charge is -2.34. The molecule has 0 bridgehead atoms. The van der Waals surface area contributed by atoms with Crippen molar-refractivity contribution in [1.82, 2.24) is 4.90 Å². The molecule has 1 aromatic carbocycles. The van der Waals surface area contributed by atoms with Gasteiger partial charge in [-0.15, -0.1) is 0 Å². The lowest BCUT2D eigenvalue weighted by atomic mass is 10.1. The average molecular weight is 321 g/mol. The monoisotopic (exact) mass is 321 g/mol. The third-order valence-electron chi connectivity index (χ3n) is 4.31. The summed E-state index contributed by atoms with van der Waals surface area (Å²) in [6, 6.07) is 8.69. The van der Waals surface area contributed by atoms with Crippen LogP contribution < -0.4 is 0 Å². The minimum atomic E-state index is -1.15. The number of amides is 1. The number of rotatable bonds is 4. The standard InChI is InChI=1S/C16H19NO6/c1-20-16(21-2)10-23-13-12(18)8-17(14(13)16)15(19)22-9-11-6-4-3-5-7-11/h3-7,13-14H,8-10H2,1-2H3. The predicted molar refractivity (Wildman–Crippen MR) is 78.6 cm³/mol. The van der Waals surface area contributed by atoms with Gasteiger partial charge in [-0.1, -0.05) is 30.3 Å². The summed E-state index contributed by atoms with van der Waals surface area (Å²) in [5.41, 5.74) is 0.871. The van der Waals surface area contributed by atoms with E-state index in [4.69, 9.17) is 18.9 Å². The third kappa shape index (κ3) is 2.71. The molecule has 7 nitrogen and oxygen atoms in total. The fraction of sp³-hybridized carbons (Fsp3) is 0.500. The molecule has 1 aromatic rings. The van der Waals surface area contributed by atoms with Gasteiger partial charge >= 0.3 is 6.09 Å². The first kappa shape index (κ1) is 15.9. The van der Waals surface area contributed by atoms with Crippen molar-refractivity contribution in [3.63, 3.8) is 0 Å². The summed E-state index contributed by atoms with van der Waals surface area (Å²) in [4.78, 5) is 25.8. The Kier molecular flexibility index (Phi) is 4.34. The lowest BCUT2D eigenvalue weighted by molar-refractivity contribution is -0.224. The first-order valence-corrected chi connectivity index (χ1v) is 7.33. The average Bonchev–Trinajstić information content (AvgIpc) is 3.13. The summed E-state index contributed by atoms with van der Waals surface area (Å²) < 4.78 is 21.6. The van der Waals surface area contributed by atoms with E-state index < -0.39 is 24.0 Å². The molecule has 0 radical (unpaired) electrons. The van der Waals surface area contributed by atoms with Gasteiger partial charge in [0.1, 0.15) is 25.4 Å². The molecule has 0 aliphatic carbocycles. The Hall–Kier alpha value is -1.96. The maximum absolute atomic E-state index is 12.4. The first-order valence-electron chi connectivity index (χ1n) is 7.33. The van der Waals surface area contributed by atoms with Crippen molar-refractivity contribution < 1.29 is 28.5 Å². The zero-order chi connectivity index (χ0) is 16.4. The summed E-state index contributed by atoms with van der Waals surface area (Å²) in [5.74, 6) is -1.33. The molecule has 0 spiro atoms. The molecule has 3 rings (SSSR count). The molecule has 2 aliphatic rings. The fourth-order valence-corrected chi connectivity index (χ4v) is 3.06. The summed E-state index contributed by atoms with van der Waals surface area (Å²) in [5, 5.41) is 0. The summed E-state index contributed by atoms with van der Waals surface area (Å²) >= 11 is 0. The van der Waals surface area contributed by atoms with Crippen molar-refractivity contribution in [2.75, 3.05) is 27.4 Å². The van der Waals surface area contributed by atoms with Gasteiger partial charge in [-0.05, 0) is 5.56 Å². The largest absolute Gasteiger partial charge is 0.445 e. The normalized spacial score (nSPS) is 25.5. The van der Waals surface area contributed by atoms with Crippen LogP contribution in [0.1, 0.15) is 5.56 Å². The van der Waals surface area contributed by atoms with E-state index in [1.807, 2.05) is 30.3 Å². The van der Waals surface area contributed by atoms with Gasteiger partial charge in [-0.25, -0.2) is 4.79 Å². The van der Waals surface area contributed by atoms with Crippen LogP contribution in [0.2, 0.25) is 0 Å². The van der Waals surface area contributed by atoms with Crippen LogP contribution >= 0.6 is 0 Å². The maximum Gasteiger partial charge on any atom is 0.411 e. The van der Waals surface area contributed by atoms with Crippen molar-refractivity contribution in [3.05, 3.63) is 35.9 Å². The lowest BCUT2D eigenvalue weighted by Crippen LogP contribution is -2.55. The number of methoxy groups -OCH3 is 2. The molecule has 124 valence electrons. The van der Waals surface area contributed by atoms with Crippen molar-refractivity contribution in [2.45, 2.75) is 24.5 Å². The molecule has 2 atom stereocenters. The van der Waals surface area contributed by atoms with Gasteiger partial charge in [-0.2, -0.15) is 0 Å². The molecule has 2 saturated heterocycles. The number of nitrogens with zero attached hydrogens (tertiary/aromatic N) is 1. The second kappa shape index (κ2) is 6.27. The molecule has 2 unspecified atom stereocenters. The van der Waals surface area contributed by atoms with E-state index in [1.54, 1.807) is 0 Å². The predicted octanol–water partition coefficient (Wildman–Crippen LogP) is 0.964. The highest BCUT2D eigenvalue weighted by Gasteiger charge is 2.62. The number of likely N-dealkylation sites (tertiary alicyclic amines) is 1. The molecule has 0 saturated carbocycles. The Morgan fingerprint density at radius 2 is 2.00 bits per heavy atom. The zero-order valence-corrected chi connectivity index (χ0v) is 13.1. The molecule has 2 fully saturated rings. The van der Waals surface area contributed by atoms with Crippen LogP contribution in [0.4, 0.5) is 4.79 Å². The number of ketones is 1. The van der Waals surface area contributed by atoms with Gasteiger partial charge in [0.2, 0.25) is 5.79 Å². The van der Waals surface area contributed by atoms with E-state index in [0.29, 0.717) is 0 Å². The topological polar surface area (TPSA) is 74.3 Å². The Labute approximate surface area is 134 Å². The fourth-order valence-electron chi connectivity index (χ4n) is 3.06. The summed E-state index contributed by atoms with van der Waals surface area (Å²) in [6.07, 6.45) is -1.32. The van der Waals surface area contributed by atoms with E-state index in [9.17, 15) is 9.59 Å². The Morgan fingerprint density at radius 1 is 1.30 bits per heavy atom. The molecule has 0 N–H and O–H groups in total. The van der Waals surface area contributed by atoms with Crippen LogP contribution in [0.25, 0.3) is 0 Å². The number of hydrogen-bond donors (Lipinski definition) is 0. The molecule has 0 aromatic heterocycles. The van der Waals surface area contributed by atoms with Gasteiger partial charge in [0.05, 0.1) is 6.54 Å². The van der Waals surface area contributed by atoms with Crippen LogP contribution in [0.15, 0.2) is 30.3 Å². The van der Waals surface area contributed by atoms with Crippen molar-refractivity contribution in [1.29, 1.82) is 0 Å². The highest BCUT2D eigenvalue weighted by Crippen LogP contribution is 2.37. The van der Waals surface area contributed by atoms with Crippen molar-refractivity contribution in [2.24, 2.45) is 0 Å². The van der Waals surface area contributed by atoms with E-state index in [-0.39, 0.29) is 25.5 Å². The molecular weight excluding hydrogens is 302 g/mol. The van der Waals surface area contributed by atoms with Crippen LogP contribution in [-0.2, 0) is 30.3 Å². The Balaban J connectivity index is 1.73. The van der Waals surface area contributed by atoms with Gasteiger partial charge in [0.15, 0.2) is 5.78 Å². The minimum Gasteiger partial charge on any atom is -0.445 e. The van der Waals surface area contributed by atoms with Gasteiger partial charge in [0, 0.05) is 14.2 Å². The van der Waals surface area contributed by atoms with Crippen LogP contribution in [-0.4, -0.2) is 62.1 Å². The van der Waals surface area contributed by atoms with E-state index in [0.717, 1.165) is 5.56 Å². The molecule has 1 amide bonds. The van der Waals surface area contributed by atoms with Gasteiger partial charge < -0.3 is 18.9 Å². The molecule has 2 aliphatic heterocycles. The SMILES string of the molecule is COC1(OC)COC2C(=O)CN(C(=O)OCc3ccccc3)C21. The van der Waals surface area contributed by atoms with E-state index in [2.05, 4.69) is 0 Å². The third-order valence-corrected chi connectivity index (χ3v) is 4.31. The van der Waals surface area contributed by atoms with Crippen molar-refractivity contribution in [3.8, 4) is 0 Å². The van der Waals surface area contributed by atoms with Crippen molar-refractivity contribution >= 4 is 11.9 Å². The van der Waals surface area contributed by atoms with E-state index in [1.165, 1.54) is 19.1 Å².